The number of hydrogen-bond donors (Lipinski definition) is 7. The molecule has 2 aromatic rings. The van der Waals surface area contributed by atoms with E-state index in [-0.39, 0.29) is 30.1 Å². The van der Waals surface area contributed by atoms with Crippen molar-refractivity contribution in [2.24, 2.45) is 5.92 Å². The molecule has 5 rings (SSSR count). The molecular formula is C31H49N7O14P2. The van der Waals surface area contributed by atoms with E-state index < -0.39 is 52.2 Å². The van der Waals surface area contributed by atoms with Crippen molar-refractivity contribution >= 4 is 43.9 Å². The van der Waals surface area contributed by atoms with Gasteiger partial charge in [-0.15, -0.1) is 6.42 Å². The number of terminal acetylenes is 1. The van der Waals surface area contributed by atoms with Gasteiger partial charge in [0.05, 0.1) is 70.4 Å². The van der Waals surface area contributed by atoms with Crippen LogP contribution in [-0.2, 0) is 42.1 Å². The maximum absolute atomic E-state index is 12.8. The number of nitrogens with one attached hydrogen (secondary N) is 2. The minimum Gasteiger partial charge on any atom is -0.387 e. The van der Waals surface area contributed by atoms with E-state index in [2.05, 4.69) is 21.7 Å². The Hall–Kier alpha value is -2.80. The highest BCUT2D eigenvalue weighted by atomic mass is 31.2. The molecule has 23 heteroatoms. The van der Waals surface area contributed by atoms with Gasteiger partial charge in [0.1, 0.15) is 30.7 Å². The molecule has 7 N–H and O–H groups in total. The molecule has 2 aromatic heterocycles. The molecule has 2 aliphatic heterocycles. The molecule has 1 unspecified atom stereocenters. The van der Waals surface area contributed by atoms with Crippen LogP contribution in [0.2, 0.25) is 0 Å². The second-order valence-corrected chi connectivity index (χ2v) is 17.1. The molecule has 0 spiro atoms. The van der Waals surface area contributed by atoms with Gasteiger partial charge in [-0.25, -0.2) is 4.68 Å². The standard InChI is InChI=1S/C31H49N7O14P2/c1-2-8-47-10-12-49-14-15-50-13-11-48-9-7-32-29(41)21-17-37(18-21)31-35-27(34-22-5-3-4-6-22)23-16-33-38(28(23)36-31)30-26(40)25(39)24(52-30)19-51-54(45,46)20-53(42,43)44/h1,16,21-22,24-26,30,39-40H,3-15,17-20H2,(H,32,41)(H,45,46)(H,34,35,36)(H2,42,43,44)/t24-,25-,26-,30-/m1/s1. The Morgan fingerprint density at radius 3 is 2.26 bits per heavy atom. The van der Waals surface area contributed by atoms with Crippen LogP contribution in [0.15, 0.2) is 6.20 Å². The maximum Gasteiger partial charge on any atom is 0.340 e. The number of fused-ring (bicyclic) bond motifs is 1. The van der Waals surface area contributed by atoms with Gasteiger partial charge in [-0.2, -0.15) is 15.1 Å². The highest BCUT2D eigenvalue weighted by Crippen LogP contribution is 2.55. The summed E-state index contributed by atoms with van der Waals surface area (Å²) < 4.78 is 56.7. The first kappa shape index (κ1) is 42.3. The van der Waals surface area contributed by atoms with E-state index in [1.807, 2.05) is 4.90 Å². The first-order chi connectivity index (χ1) is 25.8. The summed E-state index contributed by atoms with van der Waals surface area (Å²) in [5.74, 6) is 1.33. The summed E-state index contributed by atoms with van der Waals surface area (Å²) in [7, 11) is -9.62. The van der Waals surface area contributed by atoms with Crippen molar-refractivity contribution in [2.45, 2.75) is 56.3 Å². The van der Waals surface area contributed by atoms with Gasteiger partial charge in [0.2, 0.25) is 11.9 Å². The second-order valence-electron chi connectivity index (χ2n) is 13.1. The fourth-order valence-corrected chi connectivity index (χ4v) is 8.71. The van der Waals surface area contributed by atoms with Crippen LogP contribution in [0.5, 0.6) is 0 Å². The summed E-state index contributed by atoms with van der Waals surface area (Å²) in [6.45, 7) is 3.32. The molecule has 2 saturated heterocycles. The lowest BCUT2D eigenvalue weighted by Crippen LogP contribution is -2.54. The summed E-state index contributed by atoms with van der Waals surface area (Å²) in [5, 5.41) is 32.9. The Kier molecular flexibility index (Phi) is 15.6. The molecule has 5 atom stereocenters. The third kappa shape index (κ3) is 12.1. The number of aliphatic hydroxyl groups excluding tert-OH is 2. The van der Waals surface area contributed by atoms with Gasteiger partial charge in [-0.1, -0.05) is 18.8 Å². The van der Waals surface area contributed by atoms with Crippen LogP contribution >= 0.6 is 15.2 Å². The number of carbonyl (C=O) groups excluding carboxylic acids is 1. The zero-order chi connectivity index (χ0) is 38.7. The van der Waals surface area contributed by atoms with E-state index in [1.54, 1.807) is 0 Å². The molecule has 1 saturated carbocycles. The van der Waals surface area contributed by atoms with E-state index in [0.29, 0.717) is 83.0 Å². The SMILES string of the molecule is C#CCOCCOCCOCCOCCNC(=O)C1CN(c2nc(NC3CCCC3)c3cnn([C@@H]4O[C@H](COP(=O)(O)CP(=O)(O)O)[C@@H](O)[C@H]4O)c3n2)C1. The summed E-state index contributed by atoms with van der Waals surface area (Å²) in [6, 6.07) is 0.173. The van der Waals surface area contributed by atoms with Crippen LogP contribution in [0.3, 0.4) is 0 Å². The molecule has 0 bridgehead atoms. The van der Waals surface area contributed by atoms with Crippen molar-refractivity contribution < 1.29 is 67.0 Å². The Balaban J connectivity index is 1.12. The van der Waals surface area contributed by atoms with Crippen molar-refractivity contribution in [1.29, 1.82) is 0 Å². The van der Waals surface area contributed by atoms with Gasteiger partial charge in [-0.05, 0) is 12.8 Å². The van der Waals surface area contributed by atoms with Crippen molar-refractivity contribution in [1.82, 2.24) is 25.1 Å². The second kappa shape index (κ2) is 19.9. The van der Waals surface area contributed by atoms with Crippen LogP contribution in [-0.4, -0.2) is 160 Å². The minimum absolute atomic E-state index is 0.136. The lowest BCUT2D eigenvalue weighted by Gasteiger charge is -2.38. The Bertz CT molecular complexity index is 1660. The number of hydrogen-bond acceptors (Lipinski definition) is 16. The van der Waals surface area contributed by atoms with E-state index in [9.17, 15) is 29.0 Å². The van der Waals surface area contributed by atoms with E-state index in [4.69, 9.17) is 54.4 Å². The van der Waals surface area contributed by atoms with Gasteiger partial charge >= 0.3 is 15.2 Å². The summed E-state index contributed by atoms with van der Waals surface area (Å²) >= 11 is 0. The normalized spacial score (nSPS) is 23.4. The Labute approximate surface area is 311 Å². The highest BCUT2D eigenvalue weighted by Gasteiger charge is 2.46. The van der Waals surface area contributed by atoms with Gasteiger partial charge in [0.15, 0.2) is 17.8 Å². The lowest BCUT2D eigenvalue weighted by atomic mass is 10.00. The quantitative estimate of drug-likeness (QED) is 0.0419. The minimum atomic E-state index is -4.88. The van der Waals surface area contributed by atoms with Crippen LogP contribution < -0.4 is 15.5 Å². The van der Waals surface area contributed by atoms with Crippen molar-refractivity contribution in [3.05, 3.63) is 6.20 Å². The first-order valence-electron chi connectivity index (χ1n) is 17.7. The molecule has 54 heavy (non-hydrogen) atoms. The Morgan fingerprint density at radius 2 is 1.61 bits per heavy atom. The molecule has 0 aromatic carbocycles. The van der Waals surface area contributed by atoms with Crippen LogP contribution in [0.25, 0.3) is 11.0 Å². The predicted octanol–water partition coefficient (Wildman–Crippen LogP) is -0.611. The molecule has 3 aliphatic rings. The lowest BCUT2D eigenvalue weighted by molar-refractivity contribution is -0.126. The van der Waals surface area contributed by atoms with Crippen molar-refractivity contribution in [3.63, 3.8) is 0 Å². The van der Waals surface area contributed by atoms with E-state index in [0.717, 1.165) is 25.7 Å². The fourth-order valence-electron chi connectivity index (χ4n) is 6.14. The predicted molar refractivity (Wildman–Crippen MR) is 191 cm³/mol. The summed E-state index contributed by atoms with van der Waals surface area (Å²) in [4.78, 5) is 52.1. The average Bonchev–Trinajstić information content (AvgIpc) is 3.82. The number of rotatable bonds is 23. The van der Waals surface area contributed by atoms with Crippen molar-refractivity contribution in [2.75, 3.05) is 95.2 Å². The molecule has 3 fully saturated rings. The monoisotopic (exact) mass is 805 g/mol. The number of aromatic nitrogens is 4. The zero-order valence-corrected chi connectivity index (χ0v) is 31.5. The van der Waals surface area contributed by atoms with Crippen LogP contribution in [0.4, 0.5) is 11.8 Å². The average molecular weight is 806 g/mol. The van der Waals surface area contributed by atoms with Crippen molar-refractivity contribution in [3.8, 4) is 12.3 Å². The maximum atomic E-state index is 12.8. The molecule has 0 radical (unpaired) electrons. The zero-order valence-electron chi connectivity index (χ0n) is 29.7. The third-order valence-electron chi connectivity index (χ3n) is 8.90. The number of aliphatic hydroxyl groups is 2. The number of amides is 1. The fraction of sp³-hybridized carbons (Fsp3) is 0.742. The van der Waals surface area contributed by atoms with Crippen LogP contribution in [0.1, 0.15) is 31.9 Å². The number of ether oxygens (including phenoxy) is 5. The van der Waals surface area contributed by atoms with Gasteiger partial charge in [0, 0.05) is 25.7 Å². The molecule has 1 aliphatic carbocycles. The number of anilines is 2. The Morgan fingerprint density at radius 1 is 0.963 bits per heavy atom. The van der Waals surface area contributed by atoms with Gasteiger partial charge < -0.3 is 68.6 Å². The number of nitrogens with zero attached hydrogens (tertiary/aromatic N) is 5. The van der Waals surface area contributed by atoms with E-state index >= 15 is 0 Å². The van der Waals surface area contributed by atoms with Gasteiger partial charge in [-0.3, -0.25) is 13.9 Å². The molecule has 1 amide bonds. The third-order valence-corrected chi connectivity index (χ3v) is 12.4. The topological polar surface area (TPSA) is 279 Å². The smallest absolute Gasteiger partial charge is 0.340 e. The molecule has 21 nitrogen and oxygen atoms in total. The molecule has 4 heterocycles. The van der Waals surface area contributed by atoms with Crippen LogP contribution in [0, 0.1) is 18.3 Å². The molecular weight excluding hydrogens is 756 g/mol. The largest absolute Gasteiger partial charge is 0.387 e. The summed E-state index contributed by atoms with van der Waals surface area (Å²) in [5.41, 5.74) is 0.264. The summed E-state index contributed by atoms with van der Waals surface area (Å²) in [6.07, 6.45) is 4.82. The van der Waals surface area contributed by atoms with Gasteiger partial charge in [0.25, 0.3) is 0 Å². The van der Waals surface area contributed by atoms with E-state index in [1.165, 1.54) is 10.9 Å². The number of carbonyl (C=O) groups is 1. The first-order valence-corrected chi connectivity index (χ1v) is 21.2. The molecule has 302 valence electrons. The highest BCUT2D eigenvalue weighted by molar-refractivity contribution is 7.70.